The summed E-state index contributed by atoms with van der Waals surface area (Å²) in [5.41, 5.74) is 0.491. The quantitative estimate of drug-likeness (QED) is 0.630. The molecule has 2 aromatic carbocycles. The summed E-state index contributed by atoms with van der Waals surface area (Å²) < 4.78 is 5.55. The molecule has 0 fully saturated rings. The zero-order valence-corrected chi connectivity index (χ0v) is 10.2. The zero-order chi connectivity index (χ0) is 13.0. The first-order valence-electron chi connectivity index (χ1n) is 5.84. The molecule has 2 N–H and O–H groups in total. The lowest BCUT2D eigenvalue weighted by Gasteiger charge is -2.06. The number of hydrogen-bond acceptors (Lipinski definition) is 3. The Bertz CT molecular complexity index is 564. The molecular weight excluding hydrogens is 227 g/mol. The largest absolute Gasteiger partial charge is 0.490 e. The maximum atomic E-state index is 9.10. The molecule has 2 aromatic rings. The van der Waals surface area contributed by atoms with Gasteiger partial charge in [0.05, 0.1) is 0 Å². The predicted octanol–water partition coefficient (Wildman–Crippen LogP) is 1.47. The van der Waals surface area contributed by atoms with Crippen LogP contribution in [0.3, 0.4) is 0 Å². The molecule has 92 valence electrons. The monoisotopic (exact) mass is 242 g/mol. The Morgan fingerprint density at radius 1 is 1.11 bits per heavy atom. The van der Waals surface area contributed by atoms with Crippen molar-refractivity contribution in [2.75, 3.05) is 6.61 Å². The Morgan fingerprint density at radius 2 is 1.83 bits per heavy atom. The minimum absolute atomic E-state index is 0.491. The van der Waals surface area contributed by atoms with Crippen molar-refractivity contribution in [2.24, 2.45) is 0 Å². The minimum Gasteiger partial charge on any atom is -0.490 e. The van der Waals surface area contributed by atoms with E-state index < -0.39 is 7.12 Å². The SMILES string of the molecule is C/C=C/COc1ccc2cc(B(O)O)ccc2c1. The van der Waals surface area contributed by atoms with Crippen LogP contribution in [0.25, 0.3) is 10.8 Å². The third-order valence-electron chi connectivity index (χ3n) is 2.72. The van der Waals surface area contributed by atoms with Crippen LogP contribution in [0.1, 0.15) is 6.92 Å². The van der Waals surface area contributed by atoms with Crippen molar-refractivity contribution in [3.63, 3.8) is 0 Å². The highest BCUT2D eigenvalue weighted by atomic mass is 16.5. The van der Waals surface area contributed by atoms with Gasteiger partial charge in [-0.15, -0.1) is 0 Å². The normalized spacial score (nSPS) is 11.1. The molecule has 0 aliphatic heterocycles. The molecule has 0 saturated carbocycles. The van der Waals surface area contributed by atoms with E-state index in [1.165, 1.54) is 0 Å². The molecule has 0 aliphatic rings. The molecule has 0 radical (unpaired) electrons. The van der Waals surface area contributed by atoms with E-state index in [0.29, 0.717) is 12.1 Å². The predicted molar refractivity (Wildman–Crippen MR) is 74.1 cm³/mol. The highest BCUT2D eigenvalue weighted by Crippen LogP contribution is 2.20. The first-order chi connectivity index (χ1) is 8.70. The van der Waals surface area contributed by atoms with E-state index in [2.05, 4.69) is 0 Å². The first-order valence-corrected chi connectivity index (χ1v) is 5.84. The van der Waals surface area contributed by atoms with Crippen LogP contribution in [-0.2, 0) is 0 Å². The molecule has 0 aliphatic carbocycles. The highest BCUT2D eigenvalue weighted by Gasteiger charge is 2.10. The van der Waals surface area contributed by atoms with Gasteiger partial charge in [0.1, 0.15) is 12.4 Å². The minimum atomic E-state index is -1.43. The molecule has 0 heterocycles. The van der Waals surface area contributed by atoms with Gasteiger partial charge in [-0.25, -0.2) is 0 Å². The van der Waals surface area contributed by atoms with Gasteiger partial charge in [0.2, 0.25) is 0 Å². The van der Waals surface area contributed by atoms with Gasteiger partial charge in [0, 0.05) is 0 Å². The third-order valence-corrected chi connectivity index (χ3v) is 2.72. The van der Waals surface area contributed by atoms with Crippen molar-refractivity contribution in [1.82, 2.24) is 0 Å². The smallest absolute Gasteiger partial charge is 0.488 e. The van der Waals surface area contributed by atoms with Crippen molar-refractivity contribution in [1.29, 1.82) is 0 Å². The molecule has 18 heavy (non-hydrogen) atoms. The fourth-order valence-corrected chi connectivity index (χ4v) is 1.73. The summed E-state index contributed by atoms with van der Waals surface area (Å²) in [6, 6.07) is 11.0. The fourth-order valence-electron chi connectivity index (χ4n) is 1.73. The number of rotatable bonds is 4. The van der Waals surface area contributed by atoms with Gasteiger partial charge in [-0.05, 0) is 35.3 Å². The molecule has 0 atom stereocenters. The van der Waals surface area contributed by atoms with Gasteiger partial charge >= 0.3 is 7.12 Å². The lowest BCUT2D eigenvalue weighted by Crippen LogP contribution is -2.29. The van der Waals surface area contributed by atoms with Gasteiger partial charge < -0.3 is 14.8 Å². The van der Waals surface area contributed by atoms with Crippen LogP contribution in [0.5, 0.6) is 5.75 Å². The van der Waals surface area contributed by atoms with E-state index in [-0.39, 0.29) is 0 Å². The summed E-state index contributed by atoms with van der Waals surface area (Å²) in [5, 5.41) is 20.2. The Kier molecular flexibility index (Phi) is 4.02. The van der Waals surface area contributed by atoms with Gasteiger partial charge in [-0.1, -0.05) is 36.4 Å². The number of fused-ring (bicyclic) bond motifs is 1. The molecular formula is C14H15BO3. The molecule has 0 saturated heterocycles. The van der Waals surface area contributed by atoms with E-state index >= 15 is 0 Å². The first kappa shape index (κ1) is 12.7. The lowest BCUT2D eigenvalue weighted by atomic mass is 9.79. The lowest BCUT2D eigenvalue weighted by molar-refractivity contribution is 0.363. The molecule has 0 aromatic heterocycles. The summed E-state index contributed by atoms with van der Waals surface area (Å²) >= 11 is 0. The van der Waals surface area contributed by atoms with E-state index in [9.17, 15) is 0 Å². The fraction of sp³-hybridized carbons (Fsp3) is 0.143. The topological polar surface area (TPSA) is 49.7 Å². The van der Waals surface area contributed by atoms with Crippen molar-refractivity contribution in [3.8, 4) is 5.75 Å². The summed E-state index contributed by atoms with van der Waals surface area (Å²) in [6.45, 7) is 2.50. The Morgan fingerprint density at radius 3 is 2.56 bits per heavy atom. The average Bonchev–Trinajstić information content (AvgIpc) is 2.38. The Hall–Kier alpha value is -1.78. The summed E-state index contributed by atoms with van der Waals surface area (Å²) in [4.78, 5) is 0. The maximum Gasteiger partial charge on any atom is 0.488 e. The molecule has 2 rings (SSSR count). The highest BCUT2D eigenvalue weighted by molar-refractivity contribution is 6.58. The number of hydrogen-bond donors (Lipinski definition) is 2. The van der Waals surface area contributed by atoms with Crippen molar-refractivity contribution in [2.45, 2.75) is 6.92 Å². The molecule has 0 amide bonds. The number of benzene rings is 2. The molecule has 0 spiro atoms. The van der Waals surface area contributed by atoms with E-state index in [0.717, 1.165) is 16.5 Å². The maximum absolute atomic E-state index is 9.10. The summed E-state index contributed by atoms with van der Waals surface area (Å²) in [7, 11) is -1.43. The Labute approximate surface area is 106 Å². The van der Waals surface area contributed by atoms with Gasteiger partial charge in [0.15, 0.2) is 0 Å². The second-order valence-corrected chi connectivity index (χ2v) is 4.02. The second-order valence-electron chi connectivity index (χ2n) is 4.02. The van der Waals surface area contributed by atoms with Crippen LogP contribution in [0.15, 0.2) is 48.6 Å². The van der Waals surface area contributed by atoms with Crippen LogP contribution in [0.2, 0.25) is 0 Å². The zero-order valence-electron chi connectivity index (χ0n) is 10.2. The van der Waals surface area contributed by atoms with Gasteiger partial charge in [-0.3, -0.25) is 0 Å². The summed E-state index contributed by atoms with van der Waals surface area (Å²) in [5.74, 6) is 0.804. The molecule has 3 nitrogen and oxygen atoms in total. The van der Waals surface area contributed by atoms with Crippen LogP contribution in [0, 0.1) is 0 Å². The van der Waals surface area contributed by atoms with Crippen LogP contribution >= 0.6 is 0 Å². The molecule has 4 heteroatoms. The van der Waals surface area contributed by atoms with E-state index in [4.69, 9.17) is 14.8 Å². The Balaban J connectivity index is 2.26. The molecule has 0 unspecified atom stereocenters. The average molecular weight is 242 g/mol. The van der Waals surface area contributed by atoms with Crippen LogP contribution < -0.4 is 10.2 Å². The molecule has 0 bridgehead atoms. The number of ether oxygens (including phenoxy) is 1. The van der Waals surface area contributed by atoms with E-state index in [1.807, 2.05) is 43.3 Å². The van der Waals surface area contributed by atoms with Crippen molar-refractivity contribution >= 4 is 23.4 Å². The standard InChI is InChI=1S/C14H15BO3/c1-2-3-8-18-14-7-5-11-9-13(15(16)17)6-4-12(11)10-14/h2-7,9-10,16-17H,8H2,1H3/b3-2+. The number of allylic oxidation sites excluding steroid dienone is 1. The second kappa shape index (κ2) is 5.71. The summed E-state index contributed by atoms with van der Waals surface area (Å²) in [6.07, 6.45) is 3.88. The van der Waals surface area contributed by atoms with Crippen molar-refractivity contribution < 1.29 is 14.8 Å². The van der Waals surface area contributed by atoms with Crippen LogP contribution in [-0.4, -0.2) is 23.8 Å². The van der Waals surface area contributed by atoms with E-state index in [1.54, 1.807) is 12.1 Å². The third kappa shape index (κ3) is 2.91. The van der Waals surface area contributed by atoms with Gasteiger partial charge in [-0.2, -0.15) is 0 Å². The van der Waals surface area contributed by atoms with Crippen LogP contribution in [0.4, 0.5) is 0 Å². The van der Waals surface area contributed by atoms with Gasteiger partial charge in [0.25, 0.3) is 0 Å². The van der Waals surface area contributed by atoms with Crippen molar-refractivity contribution in [3.05, 3.63) is 48.6 Å².